The highest BCUT2D eigenvalue weighted by atomic mass is 16.6. The number of hydrogen-bond acceptors (Lipinski definition) is 6. The van der Waals surface area contributed by atoms with Crippen molar-refractivity contribution in [2.75, 3.05) is 37.0 Å². The second-order valence-corrected chi connectivity index (χ2v) is 5.30. The number of non-ortho nitro benzene ring substituents is 1. The molecule has 1 atom stereocenters. The quantitative estimate of drug-likeness (QED) is 0.494. The molecule has 0 spiro atoms. The normalized spacial score (nSPS) is 20.6. The number of anilines is 2. The summed E-state index contributed by atoms with van der Waals surface area (Å²) in [5, 5.41) is 11.0. The molecule has 1 saturated heterocycles. The van der Waals surface area contributed by atoms with Crippen LogP contribution in [-0.4, -0.2) is 42.5 Å². The van der Waals surface area contributed by atoms with Crippen LogP contribution in [0.3, 0.4) is 0 Å². The fourth-order valence-corrected chi connectivity index (χ4v) is 2.71. The van der Waals surface area contributed by atoms with Crippen LogP contribution in [0.1, 0.15) is 13.3 Å². The number of nitro benzene ring substituents is 1. The SMILES string of the molecule is CC1CN(C)CCCN1c1cc(NN)cc([N+](=O)[O-])c1. The maximum atomic E-state index is 11.0. The predicted octanol–water partition coefficient (Wildman–Crippen LogP) is 1.41. The summed E-state index contributed by atoms with van der Waals surface area (Å²) in [5.41, 5.74) is 3.95. The van der Waals surface area contributed by atoms with Gasteiger partial charge in [0.2, 0.25) is 0 Å². The molecule has 1 aliphatic heterocycles. The van der Waals surface area contributed by atoms with Crippen LogP contribution in [0.5, 0.6) is 0 Å². The van der Waals surface area contributed by atoms with E-state index in [9.17, 15) is 10.1 Å². The van der Waals surface area contributed by atoms with Crippen LogP contribution < -0.4 is 16.2 Å². The molecule has 1 aliphatic rings. The van der Waals surface area contributed by atoms with E-state index in [-0.39, 0.29) is 10.6 Å². The number of benzene rings is 1. The summed E-state index contributed by atoms with van der Waals surface area (Å²) in [7, 11) is 2.10. The van der Waals surface area contributed by atoms with Crippen LogP contribution in [0.4, 0.5) is 17.1 Å². The molecule has 1 aromatic carbocycles. The first-order chi connectivity index (χ1) is 9.51. The molecule has 1 unspecified atom stereocenters. The van der Waals surface area contributed by atoms with E-state index in [4.69, 9.17) is 5.84 Å². The number of nitro groups is 1. The van der Waals surface area contributed by atoms with Crippen LogP contribution in [0.15, 0.2) is 18.2 Å². The molecule has 1 fully saturated rings. The summed E-state index contributed by atoms with van der Waals surface area (Å²) in [5.74, 6) is 5.41. The zero-order chi connectivity index (χ0) is 14.7. The lowest BCUT2D eigenvalue weighted by Gasteiger charge is -2.30. The van der Waals surface area contributed by atoms with Crippen LogP contribution in [0.2, 0.25) is 0 Å². The zero-order valence-corrected chi connectivity index (χ0v) is 11.9. The number of nitrogens with zero attached hydrogens (tertiary/aromatic N) is 3. The maximum absolute atomic E-state index is 11.0. The average Bonchev–Trinajstić information content (AvgIpc) is 2.58. The largest absolute Gasteiger partial charge is 0.367 e. The predicted molar refractivity (Wildman–Crippen MR) is 79.8 cm³/mol. The molecule has 0 aliphatic carbocycles. The molecule has 20 heavy (non-hydrogen) atoms. The summed E-state index contributed by atoms with van der Waals surface area (Å²) in [4.78, 5) is 15.1. The molecule has 110 valence electrons. The number of nitrogen functional groups attached to an aromatic ring is 1. The maximum Gasteiger partial charge on any atom is 0.273 e. The van der Waals surface area contributed by atoms with Gasteiger partial charge in [-0.2, -0.15) is 0 Å². The van der Waals surface area contributed by atoms with Gasteiger partial charge < -0.3 is 15.2 Å². The number of hydrazine groups is 1. The van der Waals surface area contributed by atoms with Crippen molar-refractivity contribution in [3.05, 3.63) is 28.3 Å². The van der Waals surface area contributed by atoms with Gasteiger partial charge in [0, 0.05) is 37.0 Å². The molecule has 0 aromatic heterocycles. The molecule has 0 bridgehead atoms. The molecule has 3 N–H and O–H groups in total. The lowest BCUT2D eigenvalue weighted by Crippen LogP contribution is -2.38. The summed E-state index contributed by atoms with van der Waals surface area (Å²) >= 11 is 0. The molecule has 7 nitrogen and oxygen atoms in total. The number of likely N-dealkylation sites (N-methyl/N-ethyl adjacent to an activating group) is 1. The standard InChI is InChI=1S/C13H21N5O2/c1-10-9-16(2)4-3-5-17(10)12-6-11(15-14)7-13(8-12)18(19)20/h6-8,10,15H,3-5,9,14H2,1-2H3. The first kappa shape index (κ1) is 14.5. The third kappa shape index (κ3) is 3.17. The van der Waals surface area contributed by atoms with E-state index >= 15 is 0 Å². The number of hydrogen-bond donors (Lipinski definition) is 2. The minimum atomic E-state index is -0.390. The van der Waals surface area contributed by atoms with Crippen LogP contribution in [0, 0.1) is 10.1 Å². The Hall–Kier alpha value is -1.86. The Morgan fingerprint density at radius 1 is 1.40 bits per heavy atom. The molecule has 2 rings (SSSR count). The Kier molecular flexibility index (Phi) is 4.41. The highest BCUT2D eigenvalue weighted by molar-refractivity contribution is 5.64. The van der Waals surface area contributed by atoms with Crippen molar-refractivity contribution in [1.29, 1.82) is 0 Å². The van der Waals surface area contributed by atoms with Crippen molar-refractivity contribution in [2.45, 2.75) is 19.4 Å². The second-order valence-electron chi connectivity index (χ2n) is 5.30. The Labute approximate surface area is 118 Å². The summed E-state index contributed by atoms with van der Waals surface area (Å²) in [6.07, 6.45) is 1.04. The van der Waals surface area contributed by atoms with E-state index < -0.39 is 0 Å². The Morgan fingerprint density at radius 2 is 2.15 bits per heavy atom. The molecule has 1 heterocycles. The van der Waals surface area contributed by atoms with Crippen molar-refractivity contribution in [3.63, 3.8) is 0 Å². The van der Waals surface area contributed by atoms with E-state index in [1.807, 2.05) is 6.07 Å². The molecule has 7 heteroatoms. The van der Waals surface area contributed by atoms with Crippen LogP contribution in [-0.2, 0) is 0 Å². The average molecular weight is 279 g/mol. The molecule has 1 aromatic rings. The van der Waals surface area contributed by atoms with E-state index in [0.29, 0.717) is 11.7 Å². The molecular formula is C13H21N5O2. The summed E-state index contributed by atoms with van der Waals surface area (Å²) in [6.45, 7) is 5.00. The monoisotopic (exact) mass is 279 g/mol. The van der Waals surface area contributed by atoms with Crippen molar-refractivity contribution >= 4 is 17.1 Å². The number of rotatable bonds is 3. The molecule has 0 saturated carbocycles. The van der Waals surface area contributed by atoms with Gasteiger partial charge in [0.05, 0.1) is 10.6 Å². The van der Waals surface area contributed by atoms with Gasteiger partial charge >= 0.3 is 0 Å². The smallest absolute Gasteiger partial charge is 0.273 e. The van der Waals surface area contributed by atoms with Crippen molar-refractivity contribution in [1.82, 2.24) is 4.90 Å². The van der Waals surface area contributed by atoms with Crippen LogP contribution >= 0.6 is 0 Å². The fourth-order valence-electron chi connectivity index (χ4n) is 2.71. The Morgan fingerprint density at radius 3 is 2.80 bits per heavy atom. The highest BCUT2D eigenvalue weighted by Gasteiger charge is 2.22. The van der Waals surface area contributed by atoms with E-state index in [0.717, 1.165) is 31.7 Å². The van der Waals surface area contributed by atoms with E-state index in [1.54, 1.807) is 6.07 Å². The third-order valence-electron chi connectivity index (χ3n) is 3.66. The van der Waals surface area contributed by atoms with E-state index in [2.05, 4.69) is 29.2 Å². The van der Waals surface area contributed by atoms with Crippen molar-refractivity contribution in [3.8, 4) is 0 Å². The Bertz CT molecular complexity index is 494. The van der Waals surface area contributed by atoms with Gasteiger partial charge in [-0.25, -0.2) is 0 Å². The first-order valence-electron chi connectivity index (χ1n) is 6.72. The van der Waals surface area contributed by atoms with Crippen molar-refractivity contribution in [2.24, 2.45) is 5.84 Å². The Balaban J connectivity index is 2.34. The summed E-state index contributed by atoms with van der Waals surface area (Å²) < 4.78 is 0. The van der Waals surface area contributed by atoms with E-state index in [1.165, 1.54) is 6.07 Å². The van der Waals surface area contributed by atoms with Gasteiger partial charge in [-0.3, -0.25) is 16.0 Å². The lowest BCUT2D eigenvalue weighted by molar-refractivity contribution is -0.384. The van der Waals surface area contributed by atoms with Gasteiger partial charge in [0.15, 0.2) is 0 Å². The van der Waals surface area contributed by atoms with Gasteiger partial charge in [0.1, 0.15) is 0 Å². The highest BCUT2D eigenvalue weighted by Crippen LogP contribution is 2.28. The molecule has 0 radical (unpaired) electrons. The van der Waals surface area contributed by atoms with Gasteiger partial charge in [-0.15, -0.1) is 0 Å². The van der Waals surface area contributed by atoms with Crippen LogP contribution in [0.25, 0.3) is 0 Å². The molecule has 0 amide bonds. The third-order valence-corrected chi connectivity index (χ3v) is 3.66. The topological polar surface area (TPSA) is 87.7 Å². The molecular weight excluding hydrogens is 258 g/mol. The zero-order valence-electron chi connectivity index (χ0n) is 11.9. The van der Waals surface area contributed by atoms with Gasteiger partial charge in [0.25, 0.3) is 5.69 Å². The van der Waals surface area contributed by atoms with Crippen molar-refractivity contribution < 1.29 is 4.92 Å². The summed E-state index contributed by atoms with van der Waals surface area (Å²) in [6, 6.07) is 5.21. The lowest BCUT2D eigenvalue weighted by atomic mass is 10.2. The second kappa shape index (κ2) is 6.06. The first-order valence-corrected chi connectivity index (χ1v) is 6.72. The number of nitrogens with two attached hydrogens (primary N) is 1. The fraction of sp³-hybridized carbons (Fsp3) is 0.538. The van der Waals surface area contributed by atoms with Gasteiger partial charge in [-0.05, 0) is 33.0 Å². The minimum Gasteiger partial charge on any atom is -0.367 e. The van der Waals surface area contributed by atoms with Gasteiger partial charge in [-0.1, -0.05) is 0 Å². The minimum absolute atomic E-state index is 0.0558. The number of nitrogens with one attached hydrogen (secondary N) is 1.